The minimum atomic E-state index is -0.402. The van der Waals surface area contributed by atoms with Crippen LogP contribution in [0.1, 0.15) is 16.1 Å². The summed E-state index contributed by atoms with van der Waals surface area (Å²) in [6.07, 6.45) is 0. The van der Waals surface area contributed by atoms with Crippen molar-refractivity contribution in [1.82, 2.24) is 4.98 Å². The van der Waals surface area contributed by atoms with Gasteiger partial charge in [-0.1, -0.05) is 58.4 Å². The van der Waals surface area contributed by atoms with Gasteiger partial charge in [-0.15, -0.1) is 11.3 Å². The van der Waals surface area contributed by atoms with Gasteiger partial charge in [0, 0.05) is 15.4 Å². The highest BCUT2D eigenvalue weighted by atomic mass is 79.9. The van der Waals surface area contributed by atoms with Crippen molar-refractivity contribution in [3.05, 3.63) is 75.7 Å². The maximum absolute atomic E-state index is 12.0. The summed E-state index contributed by atoms with van der Waals surface area (Å²) >= 11 is 4.81. The lowest BCUT2D eigenvalue weighted by Crippen LogP contribution is -2.05. The third-order valence-corrected chi connectivity index (χ3v) is 4.44. The molecule has 2 aromatic carbocycles. The van der Waals surface area contributed by atoms with Crippen LogP contribution in [-0.4, -0.2) is 11.0 Å². The predicted molar refractivity (Wildman–Crippen MR) is 90.8 cm³/mol. The van der Waals surface area contributed by atoms with Gasteiger partial charge in [-0.2, -0.15) is 0 Å². The fraction of sp³-hybridized carbons (Fsp3) is 0.0588. The first kappa shape index (κ1) is 14.9. The van der Waals surface area contributed by atoms with Crippen LogP contribution in [0, 0.1) is 0 Å². The van der Waals surface area contributed by atoms with Crippen LogP contribution < -0.4 is 0 Å². The van der Waals surface area contributed by atoms with Crippen molar-refractivity contribution in [2.45, 2.75) is 6.61 Å². The highest BCUT2D eigenvalue weighted by Gasteiger charge is 2.13. The summed E-state index contributed by atoms with van der Waals surface area (Å²) in [6.45, 7) is 0.240. The quantitative estimate of drug-likeness (QED) is 0.608. The highest BCUT2D eigenvalue weighted by molar-refractivity contribution is 9.10. The number of hydrogen-bond acceptors (Lipinski definition) is 4. The molecule has 0 spiro atoms. The van der Waals surface area contributed by atoms with Crippen molar-refractivity contribution in [2.24, 2.45) is 0 Å². The molecule has 3 nitrogen and oxygen atoms in total. The minimum Gasteiger partial charge on any atom is -0.456 e. The lowest BCUT2D eigenvalue weighted by molar-refractivity contribution is 0.0467. The number of thiazole rings is 1. The molecule has 0 saturated heterocycles. The molecule has 0 aliphatic heterocycles. The zero-order valence-electron chi connectivity index (χ0n) is 11.5. The molecule has 0 N–H and O–H groups in total. The molecule has 0 aliphatic carbocycles. The molecular weight excluding hydrogens is 362 g/mol. The van der Waals surface area contributed by atoms with E-state index in [1.54, 1.807) is 5.38 Å². The third kappa shape index (κ3) is 3.61. The van der Waals surface area contributed by atoms with E-state index in [0.717, 1.165) is 20.6 Å². The van der Waals surface area contributed by atoms with Gasteiger partial charge in [0.15, 0.2) is 5.69 Å². The number of rotatable bonds is 4. The van der Waals surface area contributed by atoms with Crippen LogP contribution in [0.2, 0.25) is 0 Å². The average molecular weight is 374 g/mol. The molecule has 0 aliphatic rings. The third-order valence-electron chi connectivity index (χ3n) is 3.02. The zero-order valence-corrected chi connectivity index (χ0v) is 13.9. The topological polar surface area (TPSA) is 39.2 Å². The van der Waals surface area contributed by atoms with Crippen molar-refractivity contribution >= 4 is 33.2 Å². The number of aromatic nitrogens is 1. The predicted octanol–water partition coefficient (Wildman–Crippen LogP) is 4.93. The number of esters is 1. The average Bonchev–Trinajstić information content (AvgIpc) is 3.05. The van der Waals surface area contributed by atoms with Crippen LogP contribution in [0.25, 0.3) is 10.6 Å². The van der Waals surface area contributed by atoms with E-state index in [1.807, 2.05) is 54.6 Å². The smallest absolute Gasteiger partial charge is 0.358 e. The molecule has 0 bridgehead atoms. The molecule has 22 heavy (non-hydrogen) atoms. The molecule has 0 unspecified atom stereocenters. The Morgan fingerprint density at radius 2 is 1.82 bits per heavy atom. The van der Waals surface area contributed by atoms with Crippen molar-refractivity contribution in [1.29, 1.82) is 0 Å². The number of nitrogens with zero attached hydrogens (tertiary/aromatic N) is 1. The van der Waals surface area contributed by atoms with Crippen LogP contribution in [0.3, 0.4) is 0 Å². The van der Waals surface area contributed by atoms with Crippen molar-refractivity contribution in [3.63, 3.8) is 0 Å². The van der Waals surface area contributed by atoms with Crippen molar-refractivity contribution in [2.75, 3.05) is 0 Å². The number of halogens is 1. The van der Waals surface area contributed by atoms with Gasteiger partial charge in [0.25, 0.3) is 0 Å². The Morgan fingerprint density at radius 1 is 1.09 bits per heavy atom. The molecule has 3 aromatic rings. The van der Waals surface area contributed by atoms with Gasteiger partial charge in [-0.3, -0.25) is 0 Å². The van der Waals surface area contributed by atoms with Crippen molar-refractivity contribution < 1.29 is 9.53 Å². The van der Waals surface area contributed by atoms with Crippen LogP contribution in [0.15, 0.2) is 64.5 Å². The van der Waals surface area contributed by atoms with Gasteiger partial charge in [0.2, 0.25) is 0 Å². The maximum atomic E-state index is 12.0. The zero-order chi connectivity index (χ0) is 15.4. The van der Waals surface area contributed by atoms with Crippen LogP contribution >= 0.6 is 27.3 Å². The number of benzene rings is 2. The Labute approximate surface area is 140 Å². The van der Waals surface area contributed by atoms with E-state index < -0.39 is 5.97 Å². The summed E-state index contributed by atoms with van der Waals surface area (Å²) in [6, 6.07) is 17.4. The summed E-state index contributed by atoms with van der Waals surface area (Å²) in [5.41, 5.74) is 2.29. The van der Waals surface area contributed by atoms with E-state index in [1.165, 1.54) is 11.3 Å². The summed E-state index contributed by atoms with van der Waals surface area (Å²) in [4.78, 5) is 16.4. The molecule has 3 rings (SSSR count). The fourth-order valence-corrected chi connectivity index (χ4v) is 2.94. The van der Waals surface area contributed by atoms with Crippen LogP contribution in [0.5, 0.6) is 0 Å². The number of hydrogen-bond donors (Lipinski definition) is 0. The van der Waals surface area contributed by atoms with Gasteiger partial charge in [-0.05, 0) is 17.7 Å². The van der Waals surface area contributed by atoms with Gasteiger partial charge < -0.3 is 4.74 Å². The molecule has 0 amide bonds. The normalized spacial score (nSPS) is 10.4. The molecular formula is C17H12BrNO2S. The second-order valence-corrected chi connectivity index (χ2v) is 6.38. The molecule has 1 aromatic heterocycles. The number of ether oxygens (including phenoxy) is 1. The fourth-order valence-electron chi connectivity index (χ4n) is 1.88. The molecule has 110 valence electrons. The summed E-state index contributed by atoms with van der Waals surface area (Å²) < 4.78 is 6.29. The summed E-state index contributed by atoms with van der Waals surface area (Å²) in [5, 5.41) is 2.54. The van der Waals surface area contributed by atoms with Crippen molar-refractivity contribution in [3.8, 4) is 10.6 Å². The Bertz CT molecular complexity index is 769. The minimum absolute atomic E-state index is 0.240. The Kier molecular flexibility index (Phi) is 4.65. The van der Waals surface area contributed by atoms with Gasteiger partial charge in [-0.25, -0.2) is 9.78 Å². The highest BCUT2D eigenvalue weighted by Crippen LogP contribution is 2.23. The number of carbonyl (C=O) groups is 1. The second kappa shape index (κ2) is 6.85. The molecule has 0 radical (unpaired) electrons. The molecule has 0 saturated carbocycles. The van der Waals surface area contributed by atoms with Gasteiger partial charge >= 0.3 is 5.97 Å². The maximum Gasteiger partial charge on any atom is 0.358 e. The lowest BCUT2D eigenvalue weighted by atomic mass is 10.2. The molecule has 0 atom stereocenters. The largest absolute Gasteiger partial charge is 0.456 e. The standard InChI is InChI=1S/C17H12BrNO2S/c18-14-8-6-12(7-9-14)10-21-17(20)15-11-22-16(19-15)13-4-2-1-3-5-13/h1-9,11H,10H2. The van der Waals surface area contributed by atoms with Gasteiger partial charge in [0.05, 0.1) is 0 Å². The van der Waals surface area contributed by atoms with Gasteiger partial charge in [0.1, 0.15) is 11.6 Å². The lowest BCUT2D eigenvalue weighted by Gasteiger charge is -2.03. The van der Waals surface area contributed by atoms with E-state index in [4.69, 9.17) is 4.74 Å². The SMILES string of the molecule is O=C(OCc1ccc(Br)cc1)c1csc(-c2ccccc2)n1. The second-order valence-electron chi connectivity index (χ2n) is 4.61. The molecule has 5 heteroatoms. The Balaban J connectivity index is 1.66. The van der Waals surface area contributed by atoms with Crippen LogP contribution in [-0.2, 0) is 11.3 Å². The first-order chi connectivity index (χ1) is 10.7. The Morgan fingerprint density at radius 3 is 2.55 bits per heavy atom. The Hall–Kier alpha value is -1.98. The number of carbonyl (C=O) groups excluding carboxylic acids is 1. The van der Waals surface area contributed by atoms with E-state index in [-0.39, 0.29) is 6.61 Å². The summed E-state index contributed by atoms with van der Waals surface area (Å²) in [5.74, 6) is -0.402. The van der Waals surface area contributed by atoms with E-state index >= 15 is 0 Å². The molecule has 0 fully saturated rings. The van der Waals surface area contributed by atoms with Crippen LogP contribution in [0.4, 0.5) is 0 Å². The van der Waals surface area contributed by atoms with E-state index in [0.29, 0.717) is 5.69 Å². The first-order valence-electron chi connectivity index (χ1n) is 6.65. The van der Waals surface area contributed by atoms with E-state index in [9.17, 15) is 4.79 Å². The summed E-state index contributed by atoms with van der Waals surface area (Å²) in [7, 11) is 0. The van der Waals surface area contributed by atoms with E-state index in [2.05, 4.69) is 20.9 Å². The monoisotopic (exact) mass is 373 g/mol. The molecule has 1 heterocycles. The first-order valence-corrected chi connectivity index (χ1v) is 8.32.